The quantitative estimate of drug-likeness (QED) is 0.540. The van der Waals surface area contributed by atoms with Crippen molar-refractivity contribution < 1.29 is 9.18 Å². The van der Waals surface area contributed by atoms with Crippen molar-refractivity contribution in [2.24, 2.45) is 0 Å². The average Bonchev–Trinajstić information content (AvgIpc) is 2.19. The van der Waals surface area contributed by atoms with Crippen molar-refractivity contribution in [3.63, 3.8) is 0 Å². The fourth-order valence-electron chi connectivity index (χ4n) is 1.14. The van der Waals surface area contributed by atoms with Gasteiger partial charge in [0.15, 0.2) is 0 Å². The zero-order valence-electron chi connectivity index (χ0n) is 7.29. The lowest BCUT2D eigenvalue weighted by atomic mass is 10.1. The van der Waals surface area contributed by atoms with Gasteiger partial charge in [0.1, 0.15) is 6.67 Å². The number of carbonyl (C=O) groups is 1. The van der Waals surface area contributed by atoms with Crippen LogP contribution in [-0.4, -0.2) is 13.0 Å². The first-order valence-electron chi connectivity index (χ1n) is 4.17. The molecule has 2 nitrogen and oxygen atoms in total. The molecule has 1 aromatic carbocycles. The Morgan fingerprint density at radius 3 is 2.85 bits per heavy atom. The van der Waals surface area contributed by atoms with Crippen molar-refractivity contribution in [2.45, 2.75) is 13.1 Å². The number of hydrogen-bond donors (Lipinski definition) is 1. The molecule has 0 aliphatic rings. The second-order valence-corrected chi connectivity index (χ2v) is 2.78. The van der Waals surface area contributed by atoms with Gasteiger partial charge in [-0.2, -0.15) is 0 Å². The zero-order chi connectivity index (χ0) is 9.52. The van der Waals surface area contributed by atoms with Crippen LogP contribution in [0.2, 0.25) is 0 Å². The van der Waals surface area contributed by atoms with Crippen LogP contribution in [0.3, 0.4) is 0 Å². The molecule has 0 spiro atoms. The lowest BCUT2D eigenvalue weighted by molar-refractivity contribution is -0.109. The lowest BCUT2D eigenvalue weighted by Crippen LogP contribution is -2.14. The summed E-state index contributed by atoms with van der Waals surface area (Å²) in [5.74, 6) is 0. The molecule has 0 saturated heterocycles. The van der Waals surface area contributed by atoms with Crippen molar-refractivity contribution >= 4 is 6.41 Å². The SMILES string of the molecule is O=CNCCc1cccc(CF)c1. The van der Waals surface area contributed by atoms with E-state index in [1.54, 1.807) is 6.07 Å². The highest BCUT2D eigenvalue weighted by atomic mass is 19.1. The Morgan fingerprint density at radius 2 is 2.15 bits per heavy atom. The normalized spacial score (nSPS) is 9.62. The summed E-state index contributed by atoms with van der Waals surface area (Å²) >= 11 is 0. The van der Waals surface area contributed by atoms with Crippen LogP contribution in [-0.2, 0) is 17.9 Å². The van der Waals surface area contributed by atoms with Crippen molar-refractivity contribution in [3.05, 3.63) is 35.4 Å². The van der Waals surface area contributed by atoms with Gasteiger partial charge < -0.3 is 5.32 Å². The summed E-state index contributed by atoms with van der Waals surface area (Å²) in [5, 5.41) is 2.56. The van der Waals surface area contributed by atoms with E-state index in [4.69, 9.17) is 0 Å². The molecular weight excluding hydrogens is 169 g/mol. The largest absolute Gasteiger partial charge is 0.358 e. The maximum Gasteiger partial charge on any atom is 0.207 e. The molecule has 3 heteroatoms. The topological polar surface area (TPSA) is 29.1 Å². The molecule has 0 atom stereocenters. The van der Waals surface area contributed by atoms with E-state index in [1.807, 2.05) is 18.2 Å². The van der Waals surface area contributed by atoms with Gasteiger partial charge in [0, 0.05) is 6.54 Å². The molecule has 0 heterocycles. The Balaban J connectivity index is 2.50. The Hall–Kier alpha value is -1.38. The minimum Gasteiger partial charge on any atom is -0.358 e. The first-order chi connectivity index (χ1) is 6.36. The Morgan fingerprint density at radius 1 is 1.38 bits per heavy atom. The van der Waals surface area contributed by atoms with Gasteiger partial charge in [-0.15, -0.1) is 0 Å². The molecule has 1 amide bonds. The van der Waals surface area contributed by atoms with Crippen molar-refractivity contribution in [2.75, 3.05) is 6.54 Å². The van der Waals surface area contributed by atoms with E-state index in [0.717, 1.165) is 12.0 Å². The number of halogens is 1. The summed E-state index contributed by atoms with van der Waals surface area (Å²) in [5.41, 5.74) is 1.73. The Bertz CT molecular complexity index is 275. The smallest absolute Gasteiger partial charge is 0.207 e. The number of hydrogen-bond acceptors (Lipinski definition) is 1. The van der Waals surface area contributed by atoms with E-state index < -0.39 is 6.67 Å². The molecule has 0 fully saturated rings. The number of rotatable bonds is 5. The molecule has 0 saturated carbocycles. The van der Waals surface area contributed by atoms with Crippen LogP contribution in [0.15, 0.2) is 24.3 Å². The molecule has 70 valence electrons. The molecule has 0 aromatic heterocycles. The molecule has 0 unspecified atom stereocenters. The fraction of sp³-hybridized carbons (Fsp3) is 0.300. The zero-order valence-corrected chi connectivity index (χ0v) is 7.29. The van der Waals surface area contributed by atoms with Gasteiger partial charge in [-0.25, -0.2) is 4.39 Å². The summed E-state index contributed by atoms with van der Waals surface area (Å²) < 4.78 is 12.2. The number of benzene rings is 1. The van der Waals surface area contributed by atoms with E-state index in [9.17, 15) is 9.18 Å². The first-order valence-corrected chi connectivity index (χ1v) is 4.17. The molecule has 0 bridgehead atoms. The van der Waals surface area contributed by atoms with Crippen LogP contribution >= 0.6 is 0 Å². The number of carbonyl (C=O) groups excluding carboxylic acids is 1. The second kappa shape index (κ2) is 5.30. The molecule has 1 N–H and O–H groups in total. The van der Waals surface area contributed by atoms with E-state index >= 15 is 0 Å². The Labute approximate surface area is 76.8 Å². The second-order valence-electron chi connectivity index (χ2n) is 2.78. The summed E-state index contributed by atoms with van der Waals surface area (Å²) in [6.45, 7) is 0.161. The van der Waals surface area contributed by atoms with Crippen LogP contribution in [0, 0.1) is 0 Å². The predicted octanol–water partition coefficient (Wildman–Crippen LogP) is 1.44. The molecule has 1 aromatic rings. The van der Waals surface area contributed by atoms with Crippen LogP contribution in [0.4, 0.5) is 4.39 Å². The minimum atomic E-state index is -0.436. The van der Waals surface area contributed by atoms with Gasteiger partial charge in [-0.1, -0.05) is 24.3 Å². The van der Waals surface area contributed by atoms with Crippen molar-refractivity contribution in [1.82, 2.24) is 5.32 Å². The van der Waals surface area contributed by atoms with Crippen molar-refractivity contribution in [1.29, 1.82) is 0 Å². The standard InChI is InChI=1S/C10H12FNO/c11-7-10-3-1-2-9(6-10)4-5-12-8-13/h1-3,6,8H,4-5,7H2,(H,12,13). The summed E-state index contributed by atoms with van der Waals surface area (Å²) in [7, 11) is 0. The minimum absolute atomic E-state index is 0.436. The number of amides is 1. The maximum absolute atomic E-state index is 12.2. The summed E-state index contributed by atoms with van der Waals surface area (Å²) in [6.07, 6.45) is 1.41. The maximum atomic E-state index is 12.2. The van der Waals surface area contributed by atoms with Gasteiger partial charge in [0.25, 0.3) is 0 Å². The van der Waals surface area contributed by atoms with Crippen LogP contribution in [0.1, 0.15) is 11.1 Å². The highest BCUT2D eigenvalue weighted by Crippen LogP contribution is 2.06. The fourth-order valence-corrected chi connectivity index (χ4v) is 1.14. The van der Waals surface area contributed by atoms with Gasteiger partial charge in [0.2, 0.25) is 6.41 Å². The van der Waals surface area contributed by atoms with Crippen LogP contribution in [0.25, 0.3) is 0 Å². The van der Waals surface area contributed by atoms with Crippen molar-refractivity contribution in [3.8, 4) is 0 Å². The molecule has 13 heavy (non-hydrogen) atoms. The van der Waals surface area contributed by atoms with E-state index in [1.165, 1.54) is 0 Å². The Kier molecular flexibility index (Phi) is 3.96. The lowest BCUT2D eigenvalue weighted by Gasteiger charge is -2.01. The number of nitrogens with one attached hydrogen (secondary N) is 1. The highest BCUT2D eigenvalue weighted by Gasteiger charge is 1.94. The third-order valence-electron chi connectivity index (χ3n) is 1.79. The van der Waals surface area contributed by atoms with Crippen LogP contribution < -0.4 is 5.32 Å². The van der Waals surface area contributed by atoms with Gasteiger partial charge in [0.05, 0.1) is 0 Å². The average molecular weight is 181 g/mol. The summed E-state index contributed by atoms with van der Waals surface area (Å²) in [4.78, 5) is 9.95. The van der Waals surface area contributed by atoms with Gasteiger partial charge in [-0.3, -0.25) is 4.79 Å². The molecule has 1 rings (SSSR count). The third kappa shape index (κ3) is 3.23. The first kappa shape index (κ1) is 9.71. The highest BCUT2D eigenvalue weighted by molar-refractivity contribution is 5.45. The van der Waals surface area contributed by atoms with Gasteiger partial charge >= 0.3 is 0 Å². The monoisotopic (exact) mass is 181 g/mol. The molecule has 0 aliphatic heterocycles. The van der Waals surface area contributed by atoms with Crippen LogP contribution in [0.5, 0.6) is 0 Å². The predicted molar refractivity (Wildman–Crippen MR) is 49.0 cm³/mol. The molecule has 0 radical (unpaired) electrons. The third-order valence-corrected chi connectivity index (χ3v) is 1.79. The van der Waals surface area contributed by atoms with Gasteiger partial charge in [-0.05, 0) is 17.5 Å². The molecule has 0 aliphatic carbocycles. The number of alkyl halides is 1. The van der Waals surface area contributed by atoms with E-state index in [-0.39, 0.29) is 0 Å². The molecular formula is C10H12FNO. The summed E-state index contributed by atoms with van der Waals surface area (Å²) in [6, 6.07) is 7.31. The van der Waals surface area contributed by atoms with E-state index in [0.29, 0.717) is 18.5 Å². The van der Waals surface area contributed by atoms with E-state index in [2.05, 4.69) is 5.32 Å².